The molecule has 2 saturated carbocycles. The van der Waals surface area contributed by atoms with Crippen molar-refractivity contribution in [3.8, 4) is 0 Å². The summed E-state index contributed by atoms with van der Waals surface area (Å²) in [6.45, 7) is 9.32. The summed E-state index contributed by atoms with van der Waals surface area (Å²) >= 11 is 3.32. The Hall–Kier alpha value is -0.410. The van der Waals surface area contributed by atoms with Crippen LogP contribution in [0.25, 0.3) is 0 Å². The van der Waals surface area contributed by atoms with E-state index in [1.165, 1.54) is 19.3 Å². The standard InChI is InChI=1S/C18H25BrFN/c1-11(14-6-5-13(19)10-15(14)20)21-16-9-12-7-8-18(16,4)17(12,2)3/h5-6,10-12,16,21H,7-9H2,1-4H3. The van der Waals surface area contributed by atoms with Crippen LogP contribution in [-0.4, -0.2) is 6.04 Å². The number of hydrogen-bond acceptors (Lipinski definition) is 1. The minimum Gasteiger partial charge on any atom is -0.307 e. The number of rotatable bonds is 3. The molecule has 1 nitrogen and oxygen atoms in total. The van der Waals surface area contributed by atoms with Crippen molar-refractivity contribution >= 4 is 15.9 Å². The second-order valence-electron chi connectivity index (χ2n) is 7.72. The summed E-state index contributed by atoms with van der Waals surface area (Å²) in [4.78, 5) is 0. The van der Waals surface area contributed by atoms with Crippen LogP contribution in [0.5, 0.6) is 0 Å². The lowest BCUT2D eigenvalue weighted by atomic mass is 9.69. The number of nitrogens with one attached hydrogen (secondary N) is 1. The van der Waals surface area contributed by atoms with Gasteiger partial charge in [0.05, 0.1) is 0 Å². The molecular formula is C18H25BrFN. The molecule has 4 atom stereocenters. The van der Waals surface area contributed by atoms with E-state index in [2.05, 4.69) is 48.9 Å². The van der Waals surface area contributed by atoms with Crippen LogP contribution in [0.2, 0.25) is 0 Å². The summed E-state index contributed by atoms with van der Waals surface area (Å²) in [5.41, 5.74) is 1.49. The zero-order chi connectivity index (χ0) is 15.4. The predicted octanol–water partition coefficient (Wildman–Crippen LogP) is 5.45. The highest BCUT2D eigenvalue weighted by atomic mass is 79.9. The second-order valence-corrected chi connectivity index (χ2v) is 8.63. The van der Waals surface area contributed by atoms with E-state index in [1.54, 1.807) is 6.07 Å². The Morgan fingerprint density at radius 3 is 2.57 bits per heavy atom. The van der Waals surface area contributed by atoms with Crippen LogP contribution in [0.1, 0.15) is 58.6 Å². The summed E-state index contributed by atoms with van der Waals surface area (Å²) in [7, 11) is 0. The summed E-state index contributed by atoms with van der Waals surface area (Å²) in [6, 6.07) is 5.90. The van der Waals surface area contributed by atoms with Crippen molar-refractivity contribution in [2.24, 2.45) is 16.7 Å². The van der Waals surface area contributed by atoms with Gasteiger partial charge in [-0.25, -0.2) is 4.39 Å². The summed E-state index contributed by atoms with van der Waals surface area (Å²) in [6.07, 6.45) is 3.87. The monoisotopic (exact) mass is 353 g/mol. The molecule has 1 N–H and O–H groups in total. The fourth-order valence-electron chi connectivity index (χ4n) is 4.70. The number of fused-ring (bicyclic) bond motifs is 2. The third-order valence-corrected chi connectivity index (χ3v) is 7.17. The van der Waals surface area contributed by atoms with Crippen LogP contribution >= 0.6 is 15.9 Å². The highest BCUT2D eigenvalue weighted by Gasteiger charge is 2.61. The molecular weight excluding hydrogens is 329 g/mol. The first-order valence-electron chi connectivity index (χ1n) is 7.97. The molecule has 0 spiro atoms. The maximum Gasteiger partial charge on any atom is 0.129 e. The third-order valence-electron chi connectivity index (χ3n) is 6.67. The van der Waals surface area contributed by atoms with Crippen molar-refractivity contribution in [2.75, 3.05) is 0 Å². The zero-order valence-electron chi connectivity index (χ0n) is 13.3. The van der Waals surface area contributed by atoms with Crippen LogP contribution in [0.15, 0.2) is 22.7 Å². The van der Waals surface area contributed by atoms with Gasteiger partial charge in [-0.1, -0.05) is 42.8 Å². The minimum atomic E-state index is -0.128. The van der Waals surface area contributed by atoms with E-state index in [0.29, 0.717) is 16.9 Å². The first-order chi connectivity index (χ1) is 9.75. The molecule has 3 heteroatoms. The maximum absolute atomic E-state index is 14.1. The van der Waals surface area contributed by atoms with Crippen molar-refractivity contribution in [1.82, 2.24) is 5.32 Å². The van der Waals surface area contributed by atoms with Crippen molar-refractivity contribution in [3.63, 3.8) is 0 Å². The first-order valence-corrected chi connectivity index (χ1v) is 8.76. The average Bonchev–Trinajstić information content (AvgIpc) is 2.71. The van der Waals surface area contributed by atoms with Gasteiger partial charge in [-0.15, -0.1) is 0 Å². The van der Waals surface area contributed by atoms with Gasteiger partial charge in [0.1, 0.15) is 5.82 Å². The van der Waals surface area contributed by atoms with Gasteiger partial charge >= 0.3 is 0 Å². The molecule has 0 heterocycles. The van der Waals surface area contributed by atoms with Gasteiger partial charge in [0.2, 0.25) is 0 Å². The van der Waals surface area contributed by atoms with Crippen LogP contribution < -0.4 is 5.32 Å². The topological polar surface area (TPSA) is 12.0 Å². The Morgan fingerprint density at radius 1 is 1.33 bits per heavy atom. The highest BCUT2D eigenvalue weighted by molar-refractivity contribution is 9.10. The lowest BCUT2D eigenvalue weighted by molar-refractivity contribution is 0.116. The Balaban J connectivity index is 1.79. The molecule has 2 aliphatic carbocycles. The number of halogens is 2. The molecule has 21 heavy (non-hydrogen) atoms. The number of hydrogen-bond donors (Lipinski definition) is 1. The van der Waals surface area contributed by atoms with E-state index in [4.69, 9.17) is 0 Å². The molecule has 2 fully saturated rings. The first kappa shape index (κ1) is 15.5. The maximum atomic E-state index is 14.1. The molecule has 2 aliphatic rings. The van der Waals surface area contributed by atoms with Gasteiger partial charge in [-0.05, 0) is 55.1 Å². The van der Waals surface area contributed by atoms with Gasteiger partial charge in [-0.3, -0.25) is 0 Å². The van der Waals surface area contributed by atoms with Crippen LogP contribution in [0.3, 0.4) is 0 Å². The van der Waals surface area contributed by atoms with Crippen LogP contribution in [0, 0.1) is 22.6 Å². The minimum absolute atomic E-state index is 0.0510. The summed E-state index contributed by atoms with van der Waals surface area (Å²) in [5, 5.41) is 3.73. The van der Waals surface area contributed by atoms with Crippen molar-refractivity contribution in [2.45, 2.75) is 59.0 Å². The molecule has 116 valence electrons. The Bertz CT molecular complexity index is 556. The molecule has 2 bridgehead atoms. The normalized spacial score (nSPS) is 35.1. The average molecular weight is 354 g/mol. The summed E-state index contributed by atoms with van der Waals surface area (Å²) in [5.74, 6) is 0.680. The molecule has 1 aromatic carbocycles. The summed E-state index contributed by atoms with van der Waals surface area (Å²) < 4.78 is 14.9. The zero-order valence-corrected chi connectivity index (χ0v) is 14.9. The van der Waals surface area contributed by atoms with Crippen molar-refractivity contribution in [1.29, 1.82) is 0 Å². The van der Waals surface area contributed by atoms with E-state index >= 15 is 0 Å². The Kier molecular flexibility index (Phi) is 3.73. The number of benzene rings is 1. The fourth-order valence-corrected chi connectivity index (χ4v) is 5.03. The van der Waals surface area contributed by atoms with Crippen LogP contribution in [0.4, 0.5) is 4.39 Å². The van der Waals surface area contributed by atoms with Gasteiger partial charge in [0, 0.05) is 22.1 Å². The van der Waals surface area contributed by atoms with Gasteiger partial charge in [-0.2, -0.15) is 0 Å². The fraction of sp³-hybridized carbons (Fsp3) is 0.667. The van der Waals surface area contributed by atoms with Gasteiger partial charge in [0.15, 0.2) is 0 Å². The van der Waals surface area contributed by atoms with E-state index in [-0.39, 0.29) is 11.9 Å². The van der Waals surface area contributed by atoms with Crippen molar-refractivity contribution < 1.29 is 4.39 Å². The molecule has 0 aromatic heterocycles. The lowest BCUT2D eigenvalue weighted by Crippen LogP contribution is -2.45. The predicted molar refractivity (Wildman–Crippen MR) is 88.7 cm³/mol. The molecule has 3 rings (SSSR count). The Morgan fingerprint density at radius 2 is 2.05 bits per heavy atom. The quantitative estimate of drug-likeness (QED) is 0.761. The van der Waals surface area contributed by atoms with Gasteiger partial charge in [0.25, 0.3) is 0 Å². The van der Waals surface area contributed by atoms with E-state index in [0.717, 1.165) is 16.0 Å². The molecule has 0 amide bonds. The van der Waals surface area contributed by atoms with Crippen molar-refractivity contribution in [3.05, 3.63) is 34.1 Å². The SMILES string of the molecule is CC(NC1CC2CCC1(C)C2(C)C)c1ccc(Br)cc1F. The second kappa shape index (κ2) is 5.06. The van der Waals surface area contributed by atoms with E-state index in [1.807, 2.05) is 12.1 Å². The molecule has 0 aliphatic heterocycles. The van der Waals surface area contributed by atoms with Gasteiger partial charge < -0.3 is 5.32 Å². The molecule has 4 unspecified atom stereocenters. The van der Waals surface area contributed by atoms with Crippen LogP contribution in [-0.2, 0) is 0 Å². The molecule has 0 saturated heterocycles. The Labute approximate surface area is 135 Å². The third kappa shape index (κ3) is 2.28. The van der Waals surface area contributed by atoms with E-state index < -0.39 is 0 Å². The molecule has 0 radical (unpaired) electrons. The highest BCUT2D eigenvalue weighted by Crippen LogP contribution is 2.65. The lowest BCUT2D eigenvalue weighted by Gasteiger charge is -2.40. The largest absolute Gasteiger partial charge is 0.307 e. The smallest absolute Gasteiger partial charge is 0.129 e. The molecule has 1 aromatic rings. The van der Waals surface area contributed by atoms with E-state index in [9.17, 15) is 4.39 Å².